The lowest BCUT2D eigenvalue weighted by Crippen LogP contribution is -2.24. The number of ether oxygens (including phenoxy) is 2. The molecule has 0 spiro atoms. The Hall–Kier alpha value is -3.39. The molecule has 4 rings (SSSR count). The lowest BCUT2D eigenvalue weighted by molar-refractivity contribution is 0.414. The second kappa shape index (κ2) is 9.18. The number of rotatable bonds is 8. The predicted molar refractivity (Wildman–Crippen MR) is 124 cm³/mol. The fourth-order valence-electron chi connectivity index (χ4n) is 3.27. The zero-order chi connectivity index (χ0) is 21.8. The molecule has 4 aromatic rings. The Labute approximate surface area is 189 Å². The summed E-state index contributed by atoms with van der Waals surface area (Å²) >= 11 is 3.51. The van der Waals surface area contributed by atoms with Gasteiger partial charge in [0.15, 0.2) is 17.3 Å². The maximum Gasteiger partial charge on any atom is 0.199 e. The summed E-state index contributed by atoms with van der Waals surface area (Å²) in [5, 5.41) is 4.45. The van der Waals surface area contributed by atoms with Gasteiger partial charge < -0.3 is 14.4 Å². The van der Waals surface area contributed by atoms with Crippen molar-refractivity contribution >= 4 is 33.5 Å². The highest BCUT2D eigenvalue weighted by Crippen LogP contribution is 2.26. The van der Waals surface area contributed by atoms with Gasteiger partial charge in [-0.05, 0) is 57.4 Å². The zero-order valence-corrected chi connectivity index (χ0v) is 18.9. The van der Waals surface area contributed by atoms with E-state index in [0.29, 0.717) is 29.2 Å². The summed E-state index contributed by atoms with van der Waals surface area (Å²) in [6, 6.07) is 16.0. The van der Waals surface area contributed by atoms with Gasteiger partial charge in [-0.2, -0.15) is 0 Å². The van der Waals surface area contributed by atoms with Gasteiger partial charge in [0.25, 0.3) is 0 Å². The molecule has 0 saturated heterocycles. The van der Waals surface area contributed by atoms with Gasteiger partial charge >= 0.3 is 0 Å². The molecule has 2 aromatic heterocycles. The first-order chi connectivity index (χ1) is 15.1. The van der Waals surface area contributed by atoms with Crippen molar-refractivity contribution in [3.63, 3.8) is 0 Å². The van der Waals surface area contributed by atoms with E-state index in [4.69, 9.17) is 14.5 Å². The van der Waals surface area contributed by atoms with Crippen LogP contribution in [0.4, 0.5) is 5.82 Å². The molecule has 158 valence electrons. The van der Waals surface area contributed by atoms with E-state index in [2.05, 4.69) is 37.5 Å². The topological polar surface area (TPSA) is 64.8 Å². The summed E-state index contributed by atoms with van der Waals surface area (Å²) in [5.74, 6) is 2.92. The number of benzene rings is 2. The highest BCUT2D eigenvalue weighted by atomic mass is 79.9. The minimum absolute atomic E-state index is 0.551. The van der Waals surface area contributed by atoms with Gasteiger partial charge in [-0.25, -0.2) is 14.5 Å². The van der Waals surface area contributed by atoms with E-state index in [0.717, 1.165) is 28.4 Å². The zero-order valence-electron chi connectivity index (χ0n) is 17.3. The number of nitrogens with zero attached hydrogens (tertiary/aromatic N) is 5. The van der Waals surface area contributed by atoms with Crippen LogP contribution in [0.25, 0.3) is 11.7 Å². The van der Waals surface area contributed by atoms with Crippen LogP contribution in [0.5, 0.6) is 11.5 Å². The SMILES string of the molecule is C=Cc1nc2c(N(Cc3ccc(OC)cc3)Cc3ccc(OC)cc3)nc(Br)cn2n1. The third-order valence-electron chi connectivity index (χ3n) is 4.84. The number of anilines is 1. The monoisotopic (exact) mass is 479 g/mol. The molecular formula is C23H22BrN5O2. The molecule has 0 aliphatic carbocycles. The number of hydrogen-bond donors (Lipinski definition) is 0. The third kappa shape index (κ3) is 4.69. The Balaban J connectivity index is 1.75. The molecule has 0 saturated carbocycles. The molecule has 2 heterocycles. The summed E-state index contributed by atoms with van der Waals surface area (Å²) in [6.07, 6.45) is 3.42. The fourth-order valence-corrected chi connectivity index (χ4v) is 3.63. The molecule has 0 unspecified atom stereocenters. The van der Waals surface area contributed by atoms with Crippen LogP contribution in [0.2, 0.25) is 0 Å². The molecule has 0 N–H and O–H groups in total. The third-order valence-corrected chi connectivity index (χ3v) is 5.22. The van der Waals surface area contributed by atoms with Crippen LogP contribution >= 0.6 is 15.9 Å². The minimum atomic E-state index is 0.551. The molecule has 31 heavy (non-hydrogen) atoms. The highest BCUT2D eigenvalue weighted by molar-refractivity contribution is 9.10. The van der Waals surface area contributed by atoms with Gasteiger partial charge in [-0.3, -0.25) is 0 Å². The van der Waals surface area contributed by atoms with Gasteiger partial charge in [-0.15, -0.1) is 5.10 Å². The van der Waals surface area contributed by atoms with Crippen molar-refractivity contribution in [1.29, 1.82) is 0 Å². The number of fused-ring (bicyclic) bond motifs is 1. The van der Waals surface area contributed by atoms with Crippen LogP contribution in [0.15, 0.2) is 65.9 Å². The smallest absolute Gasteiger partial charge is 0.199 e. The maximum absolute atomic E-state index is 5.29. The van der Waals surface area contributed by atoms with Crippen molar-refractivity contribution in [2.45, 2.75) is 13.1 Å². The van der Waals surface area contributed by atoms with Crippen molar-refractivity contribution in [2.24, 2.45) is 0 Å². The van der Waals surface area contributed by atoms with Gasteiger partial charge in [0.05, 0.1) is 20.4 Å². The minimum Gasteiger partial charge on any atom is -0.497 e. The number of aromatic nitrogens is 4. The first-order valence-corrected chi connectivity index (χ1v) is 10.4. The van der Waals surface area contributed by atoms with Crippen molar-refractivity contribution in [3.8, 4) is 11.5 Å². The van der Waals surface area contributed by atoms with E-state index >= 15 is 0 Å². The number of methoxy groups -OCH3 is 2. The Kier molecular flexibility index (Phi) is 6.18. The van der Waals surface area contributed by atoms with E-state index in [1.165, 1.54) is 0 Å². The van der Waals surface area contributed by atoms with Crippen molar-refractivity contribution in [3.05, 3.63) is 82.9 Å². The molecule has 0 fully saturated rings. The van der Waals surface area contributed by atoms with Crippen LogP contribution in [0.3, 0.4) is 0 Å². The van der Waals surface area contributed by atoms with E-state index < -0.39 is 0 Å². The normalized spacial score (nSPS) is 10.8. The molecule has 0 amide bonds. The maximum atomic E-state index is 5.29. The van der Waals surface area contributed by atoms with Gasteiger partial charge in [0.2, 0.25) is 0 Å². The molecule has 0 aliphatic heterocycles. The van der Waals surface area contributed by atoms with Crippen LogP contribution in [0, 0.1) is 0 Å². The van der Waals surface area contributed by atoms with Crippen LogP contribution in [0.1, 0.15) is 17.0 Å². The Morgan fingerprint density at radius 1 is 0.935 bits per heavy atom. The van der Waals surface area contributed by atoms with Crippen LogP contribution in [-0.2, 0) is 13.1 Å². The summed E-state index contributed by atoms with van der Waals surface area (Å²) in [7, 11) is 3.32. The number of hydrogen-bond acceptors (Lipinski definition) is 6. The molecule has 0 bridgehead atoms. The van der Waals surface area contributed by atoms with Crippen molar-refractivity contribution in [1.82, 2.24) is 19.6 Å². The standard InChI is InChI=1S/C23H22BrN5O2/c1-4-21-26-23-22(25-20(24)15-29(23)27-21)28(13-16-5-9-18(30-2)10-6-16)14-17-7-11-19(31-3)12-8-17/h4-12,15H,1,13-14H2,2-3H3. The van der Waals surface area contributed by atoms with Gasteiger partial charge in [-0.1, -0.05) is 30.8 Å². The van der Waals surface area contributed by atoms with Crippen molar-refractivity contribution in [2.75, 3.05) is 19.1 Å². The summed E-state index contributed by atoms with van der Waals surface area (Å²) in [5.41, 5.74) is 2.91. The van der Waals surface area contributed by atoms with E-state index in [1.807, 2.05) is 48.5 Å². The Bertz CT molecular complexity index is 1140. The van der Waals surface area contributed by atoms with Gasteiger partial charge in [0, 0.05) is 13.1 Å². The number of halogens is 1. The predicted octanol–water partition coefficient (Wildman–Crippen LogP) is 4.75. The quantitative estimate of drug-likeness (QED) is 0.363. The van der Waals surface area contributed by atoms with Gasteiger partial charge in [0.1, 0.15) is 16.1 Å². The Morgan fingerprint density at radius 2 is 1.48 bits per heavy atom. The largest absolute Gasteiger partial charge is 0.497 e. The van der Waals surface area contributed by atoms with Crippen molar-refractivity contribution < 1.29 is 9.47 Å². The molecule has 0 radical (unpaired) electrons. The first kappa shape index (κ1) is 20.9. The van der Waals surface area contributed by atoms with E-state index in [1.54, 1.807) is 31.0 Å². The fraction of sp³-hybridized carbons (Fsp3) is 0.174. The van der Waals surface area contributed by atoms with E-state index in [-0.39, 0.29) is 0 Å². The molecule has 0 aliphatic rings. The highest BCUT2D eigenvalue weighted by Gasteiger charge is 2.18. The lowest BCUT2D eigenvalue weighted by Gasteiger charge is -2.24. The molecular weight excluding hydrogens is 458 g/mol. The average Bonchev–Trinajstić information content (AvgIpc) is 3.22. The first-order valence-electron chi connectivity index (χ1n) is 9.66. The summed E-state index contributed by atoms with van der Waals surface area (Å²) in [6.45, 7) is 5.04. The molecule has 0 atom stereocenters. The molecule has 7 nitrogen and oxygen atoms in total. The average molecular weight is 480 g/mol. The second-order valence-corrected chi connectivity index (χ2v) is 7.69. The summed E-state index contributed by atoms with van der Waals surface area (Å²) < 4.78 is 13.0. The Morgan fingerprint density at radius 3 is 1.97 bits per heavy atom. The molecule has 2 aromatic carbocycles. The van der Waals surface area contributed by atoms with Crippen LogP contribution in [-0.4, -0.2) is 33.8 Å². The summed E-state index contributed by atoms with van der Waals surface area (Å²) in [4.78, 5) is 11.5. The van der Waals surface area contributed by atoms with E-state index in [9.17, 15) is 0 Å². The molecule has 8 heteroatoms. The lowest BCUT2D eigenvalue weighted by atomic mass is 10.1. The van der Waals surface area contributed by atoms with Crippen LogP contribution < -0.4 is 14.4 Å². The second-order valence-electron chi connectivity index (χ2n) is 6.88.